The third kappa shape index (κ3) is 3.26. The zero-order valence-corrected chi connectivity index (χ0v) is 11.4. The van der Waals surface area contributed by atoms with Crippen molar-refractivity contribution < 1.29 is 14.5 Å². The molecule has 110 valence electrons. The van der Waals surface area contributed by atoms with E-state index in [0.29, 0.717) is 6.42 Å². The highest BCUT2D eigenvalue weighted by Gasteiger charge is 2.16. The van der Waals surface area contributed by atoms with Gasteiger partial charge in [-0.3, -0.25) is 14.9 Å². The average molecular weight is 289 g/mol. The van der Waals surface area contributed by atoms with Crippen LogP contribution in [0.1, 0.15) is 5.69 Å². The predicted octanol–water partition coefficient (Wildman–Crippen LogP) is 1.43. The summed E-state index contributed by atoms with van der Waals surface area (Å²) in [6.07, 6.45) is 2.12. The number of aromatic nitrogens is 1. The molecule has 0 radical (unpaired) electrons. The van der Waals surface area contributed by atoms with Crippen molar-refractivity contribution in [1.29, 1.82) is 0 Å². The predicted molar refractivity (Wildman–Crippen MR) is 76.1 cm³/mol. The normalized spacial score (nSPS) is 11.9. The van der Waals surface area contributed by atoms with E-state index in [0.717, 1.165) is 11.4 Å². The molecule has 0 spiro atoms. The summed E-state index contributed by atoms with van der Waals surface area (Å²) in [5.74, 6) is -0.480. The molecule has 0 aliphatic rings. The first-order valence-electron chi connectivity index (χ1n) is 6.27. The maximum absolute atomic E-state index is 11.4. The summed E-state index contributed by atoms with van der Waals surface area (Å²) in [4.78, 5) is 21.6. The van der Waals surface area contributed by atoms with Gasteiger partial charge in [0.15, 0.2) is 0 Å². The van der Waals surface area contributed by atoms with E-state index < -0.39 is 16.9 Å². The summed E-state index contributed by atoms with van der Waals surface area (Å²) in [7, 11) is 1.29. The van der Waals surface area contributed by atoms with E-state index in [1.807, 2.05) is 16.7 Å². The molecule has 0 amide bonds. The number of hydrogen-bond donors (Lipinski definition) is 1. The third-order valence-corrected chi connectivity index (χ3v) is 3.10. The van der Waals surface area contributed by atoms with Crippen LogP contribution in [0.3, 0.4) is 0 Å². The van der Waals surface area contributed by atoms with E-state index in [1.165, 1.54) is 19.2 Å². The van der Waals surface area contributed by atoms with E-state index in [2.05, 4.69) is 4.74 Å². The molecule has 0 saturated carbocycles. The minimum absolute atomic E-state index is 0.0266. The van der Waals surface area contributed by atoms with Crippen molar-refractivity contribution in [2.45, 2.75) is 12.5 Å². The van der Waals surface area contributed by atoms with Crippen molar-refractivity contribution in [2.24, 2.45) is 5.73 Å². The molecule has 2 aromatic rings. The highest BCUT2D eigenvalue weighted by atomic mass is 16.6. The second-order valence-corrected chi connectivity index (χ2v) is 4.48. The van der Waals surface area contributed by atoms with Crippen molar-refractivity contribution in [3.05, 3.63) is 58.4 Å². The Bertz CT molecular complexity index is 648. The lowest BCUT2D eigenvalue weighted by atomic mass is 10.1. The molecule has 0 aliphatic heterocycles. The molecule has 2 N–H and O–H groups in total. The van der Waals surface area contributed by atoms with Crippen molar-refractivity contribution in [3.8, 4) is 5.69 Å². The van der Waals surface area contributed by atoms with E-state index >= 15 is 0 Å². The average Bonchev–Trinajstić information content (AvgIpc) is 2.94. The molecule has 0 bridgehead atoms. The van der Waals surface area contributed by atoms with E-state index in [1.54, 1.807) is 18.3 Å². The van der Waals surface area contributed by atoms with Gasteiger partial charge in [-0.2, -0.15) is 0 Å². The molecular weight excluding hydrogens is 274 g/mol. The van der Waals surface area contributed by atoms with Crippen LogP contribution < -0.4 is 5.73 Å². The molecule has 0 fully saturated rings. The number of benzene rings is 1. The van der Waals surface area contributed by atoms with Gasteiger partial charge in [-0.1, -0.05) is 0 Å². The largest absolute Gasteiger partial charge is 0.468 e. The third-order valence-electron chi connectivity index (χ3n) is 3.10. The highest BCUT2D eigenvalue weighted by molar-refractivity contribution is 5.75. The van der Waals surface area contributed by atoms with Gasteiger partial charge in [0, 0.05) is 36.1 Å². The van der Waals surface area contributed by atoms with Crippen molar-refractivity contribution in [1.82, 2.24) is 4.57 Å². The number of nitro benzene ring substituents is 1. The van der Waals surface area contributed by atoms with Gasteiger partial charge in [-0.25, -0.2) is 0 Å². The Labute approximate surface area is 121 Å². The lowest BCUT2D eigenvalue weighted by Gasteiger charge is -2.12. The van der Waals surface area contributed by atoms with Crippen LogP contribution in [0.5, 0.6) is 0 Å². The van der Waals surface area contributed by atoms with Crippen LogP contribution in [0.25, 0.3) is 5.69 Å². The smallest absolute Gasteiger partial charge is 0.323 e. The van der Waals surface area contributed by atoms with Gasteiger partial charge < -0.3 is 15.0 Å². The van der Waals surface area contributed by atoms with Crippen LogP contribution in [0.4, 0.5) is 5.69 Å². The molecule has 0 saturated heterocycles. The summed E-state index contributed by atoms with van der Waals surface area (Å²) in [6, 6.07) is 9.06. The number of methoxy groups -OCH3 is 1. The molecule has 1 aromatic carbocycles. The number of hydrogen-bond acceptors (Lipinski definition) is 5. The number of nitrogens with two attached hydrogens (primary N) is 1. The van der Waals surface area contributed by atoms with E-state index in [-0.39, 0.29) is 5.69 Å². The maximum Gasteiger partial charge on any atom is 0.323 e. The first kappa shape index (κ1) is 14.7. The fraction of sp³-hybridized carbons (Fsp3) is 0.214. The summed E-state index contributed by atoms with van der Waals surface area (Å²) >= 11 is 0. The zero-order valence-electron chi connectivity index (χ0n) is 11.4. The number of rotatable bonds is 5. The van der Waals surface area contributed by atoms with Gasteiger partial charge in [0.1, 0.15) is 6.04 Å². The molecule has 7 heteroatoms. The Hall–Kier alpha value is -2.67. The molecule has 0 aliphatic carbocycles. The number of esters is 1. The topological polar surface area (TPSA) is 100 Å². The molecule has 1 atom stereocenters. The highest BCUT2D eigenvalue weighted by Crippen LogP contribution is 2.18. The molecular formula is C14H15N3O4. The molecule has 7 nitrogen and oxygen atoms in total. The molecule has 1 aromatic heterocycles. The number of carbonyl (C=O) groups is 1. The van der Waals surface area contributed by atoms with Crippen LogP contribution in [-0.4, -0.2) is 28.6 Å². The van der Waals surface area contributed by atoms with Gasteiger partial charge >= 0.3 is 5.97 Å². The van der Waals surface area contributed by atoms with Gasteiger partial charge in [0.25, 0.3) is 5.69 Å². The van der Waals surface area contributed by atoms with Crippen LogP contribution >= 0.6 is 0 Å². The Morgan fingerprint density at radius 2 is 2.05 bits per heavy atom. The standard InChI is InChI=1S/C14H15N3O4/c1-21-14(18)13(15)9-12-3-2-8-16(12)10-4-6-11(7-5-10)17(19)20/h2-8,13H,9,15H2,1H3. The second-order valence-electron chi connectivity index (χ2n) is 4.48. The molecule has 1 heterocycles. The number of nitrogens with zero attached hydrogens (tertiary/aromatic N) is 2. The van der Waals surface area contributed by atoms with Gasteiger partial charge in [0.05, 0.1) is 12.0 Å². The SMILES string of the molecule is COC(=O)C(N)Cc1cccn1-c1ccc([N+](=O)[O-])cc1. The lowest BCUT2D eigenvalue weighted by molar-refractivity contribution is -0.384. The fourth-order valence-corrected chi connectivity index (χ4v) is 2.03. The Morgan fingerprint density at radius 3 is 2.62 bits per heavy atom. The minimum Gasteiger partial charge on any atom is -0.468 e. The molecule has 2 rings (SSSR count). The summed E-state index contributed by atoms with van der Waals surface area (Å²) in [5.41, 5.74) is 7.36. The Morgan fingerprint density at radius 1 is 1.38 bits per heavy atom. The summed E-state index contributed by atoms with van der Waals surface area (Å²) in [6.45, 7) is 0. The van der Waals surface area contributed by atoms with E-state index in [4.69, 9.17) is 5.73 Å². The first-order chi connectivity index (χ1) is 10.0. The van der Waals surface area contributed by atoms with Gasteiger partial charge in [-0.15, -0.1) is 0 Å². The van der Waals surface area contributed by atoms with Gasteiger partial charge in [0.2, 0.25) is 0 Å². The Kier molecular flexibility index (Phi) is 4.34. The van der Waals surface area contributed by atoms with Gasteiger partial charge in [-0.05, 0) is 24.3 Å². The minimum atomic E-state index is -0.748. The van der Waals surface area contributed by atoms with Crippen molar-refractivity contribution >= 4 is 11.7 Å². The number of non-ortho nitro benzene ring substituents is 1. The maximum atomic E-state index is 11.4. The summed E-state index contributed by atoms with van der Waals surface area (Å²) in [5, 5.41) is 10.7. The Balaban J connectivity index is 2.23. The number of carbonyl (C=O) groups excluding carboxylic acids is 1. The zero-order chi connectivity index (χ0) is 15.4. The monoisotopic (exact) mass is 289 g/mol. The van der Waals surface area contributed by atoms with Crippen LogP contribution in [-0.2, 0) is 16.0 Å². The molecule has 1 unspecified atom stereocenters. The summed E-state index contributed by atoms with van der Waals surface area (Å²) < 4.78 is 6.43. The van der Waals surface area contributed by atoms with Crippen molar-refractivity contribution in [3.63, 3.8) is 0 Å². The van der Waals surface area contributed by atoms with Crippen molar-refractivity contribution in [2.75, 3.05) is 7.11 Å². The fourth-order valence-electron chi connectivity index (χ4n) is 2.03. The number of ether oxygens (including phenoxy) is 1. The second kappa shape index (κ2) is 6.19. The first-order valence-corrected chi connectivity index (χ1v) is 6.27. The quantitative estimate of drug-likeness (QED) is 0.510. The lowest BCUT2D eigenvalue weighted by Crippen LogP contribution is -2.34. The molecule has 21 heavy (non-hydrogen) atoms. The van der Waals surface area contributed by atoms with E-state index in [9.17, 15) is 14.9 Å². The number of nitro groups is 1. The van der Waals surface area contributed by atoms with Crippen LogP contribution in [0, 0.1) is 10.1 Å². The van der Waals surface area contributed by atoms with Crippen LogP contribution in [0.2, 0.25) is 0 Å². The van der Waals surface area contributed by atoms with Crippen LogP contribution in [0.15, 0.2) is 42.6 Å².